The molecular weight excluding hydrogens is 262 g/mol. The molecule has 1 saturated heterocycles. The SMILES string of the molecule is CC(NCCn1cc(-c2ccccc2)cn1)C1CCCO1. The van der Waals surface area contributed by atoms with Crippen molar-refractivity contribution in [1.82, 2.24) is 15.1 Å². The molecule has 4 nitrogen and oxygen atoms in total. The van der Waals surface area contributed by atoms with Crippen LogP contribution in [-0.4, -0.2) is 35.1 Å². The molecule has 1 aromatic carbocycles. The minimum atomic E-state index is 0.377. The number of hydrogen-bond donors (Lipinski definition) is 1. The molecule has 112 valence electrons. The zero-order valence-electron chi connectivity index (χ0n) is 12.5. The number of ether oxygens (including phenoxy) is 1. The van der Waals surface area contributed by atoms with E-state index < -0.39 is 0 Å². The molecular formula is C17H23N3O. The predicted molar refractivity (Wildman–Crippen MR) is 84.1 cm³/mol. The van der Waals surface area contributed by atoms with E-state index in [4.69, 9.17) is 4.74 Å². The third-order valence-corrected chi connectivity index (χ3v) is 4.07. The first-order valence-corrected chi connectivity index (χ1v) is 7.76. The van der Waals surface area contributed by atoms with E-state index in [9.17, 15) is 0 Å². The zero-order chi connectivity index (χ0) is 14.5. The van der Waals surface area contributed by atoms with Crippen molar-refractivity contribution in [3.63, 3.8) is 0 Å². The summed E-state index contributed by atoms with van der Waals surface area (Å²) in [5, 5.41) is 7.97. The molecule has 1 fully saturated rings. The number of hydrogen-bond acceptors (Lipinski definition) is 3. The Labute approximate surface area is 126 Å². The molecule has 3 rings (SSSR count). The number of nitrogens with one attached hydrogen (secondary N) is 1. The van der Waals surface area contributed by atoms with Crippen LogP contribution in [0.4, 0.5) is 0 Å². The maximum Gasteiger partial charge on any atom is 0.0726 e. The Kier molecular flexibility index (Phi) is 4.68. The molecule has 0 aliphatic carbocycles. The fraction of sp³-hybridized carbons (Fsp3) is 0.471. The van der Waals surface area contributed by atoms with Crippen LogP contribution in [0.2, 0.25) is 0 Å². The van der Waals surface area contributed by atoms with Crippen molar-refractivity contribution in [2.75, 3.05) is 13.2 Å². The van der Waals surface area contributed by atoms with E-state index in [1.165, 1.54) is 24.0 Å². The van der Waals surface area contributed by atoms with Crippen LogP contribution in [0.15, 0.2) is 42.7 Å². The molecule has 0 amide bonds. The van der Waals surface area contributed by atoms with Crippen LogP contribution >= 0.6 is 0 Å². The smallest absolute Gasteiger partial charge is 0.0726 e. The Bertz CT molecular complexity index is 546. The maximum atomic E-state index is 5.69. The molecule has 0 saturated carbocycles. The minimum Gasteiger partial charge on any atom is -0.377 e. The van der Waals surface area contributed by atoms with Crippen molar-refractivity contribution in [2.24, 2.45) is 0 Å². The first kappa shape index (κ1) is 14.3. The van der Waals surface area contributed by atoms with Crippen molar-refractivity contribution in [3.8, 4) is 11.1 Å². The minimum absolute atomic E-state index is 0.377. The van der Waals surface area contributed by atoms with Crippen molar-refractivity contribution in [3.05, 3.63) is 42.7 Å². The highest BCUT2D eigenvalue weighted by atomic mass is 16.5. The number of nitrogens with zero attached hydrogens (tertiary/aromatic N) is 2. The summed E-state index contributed by atoms with van der Waals surface area (Å²) < 4.78 is 7.69. The van der Waals surface area contributed by atoms with Gasteiger partial charge in [-0.2, -0.15) is 5.10 Å². The van der Waals surface area contributed by atoms with Crippen LogP contribution < -0.4 is 5.32 Å². The van der Waals surface area contributed by atoms with Gasteiger partial charge in [0.2, 0.25) is 0 Å². The van der Waals surface area contributed by atoms with Crippen LogP contribution in [0.25, 0.3) is 11.1 Å². The second-order valence-electron chi connectivity index (χ2n) is 5.65. The molecule has 1 aliphatic heterocycles. The first-order valence-electron chi connectivity index (χ1n) is 7.76. The average Bonchev–Trinajstić information content (AvgIpc) is 3.20. The summed E-state index contributed by atoms with van der Waals surface area (Å²) in [6.45, 7) is 4.91. The monoisotopic (exact) mass is 285 g/mol. The van der Waals surface area contributed by atoms with Crippen molar-refractivity contribution in [1.29, 1.82) is 0 Å². The topological polar surface area (TPSA) is 39.1 Å². The Morgan fingerprint density at radius 3 is 2.95 bits per heavy atom. The van der Waals surface area contributed by atoms with E-state index in [0.717, 1.165) is 19.7 Å². The van der Waals surface area contributed by atoms with E-state index in [2.05, 4.69) is 47.8 Å². The Hall–Kier alpha value is -1.65. The summed E-state index contributed by atoms with van der Waals surface area (Å²) in [6.07, 6.45) is 6.78. The van der Waals surface area contributed by atoms with Gasteiger partial charge >= 0.3 is 0 Å². The van der Waals surface area contributed by atoms with Gasteiger partial charge in [-0.25, -0.2) is 0 Å². The van der Waals surface area contributed by atoms with Gasteiger partial charge in [0, 0.05) is 31.0 Å². The summed E-state index contributed by atoms with van der Waals surface area (Å²) in [5.41, 5.74) is 2.38. The second kappa shape index (κ2) is 6.87. The van der Waals surface area contributed by atoms with Crippen LogP contribution in [0.3, 0.4) is 0 Å². The van der Waals surface area contributed by atoms with E-state index in [-0.39, 0.29) is 0 Å². The highest BCUT2D eigenvalue weighted by Gasteiger charge is 2.21. The van der Waals surface area contributed by atoms with Gasteiger partial charge in [-0.3, -0.25) is 4.68 Å². The first-order chi connectivity index (χ1) is 10.3. The zero-order valence-corrected chi connectivity index (χ0v) is 12.5. The second-order valence-corrected chi connectivity index (χ2v) is 5.65. The third kappa shape index (κ3) is 3.71. The molecule has 0 radical (unpaired) electrons. The molecule has 1 aliphatic rings. The van der Waals surface area contributed by atoms with Gasteiger partial charge in [-0.05, 0) is 25.3 Å². The molecule has 21 heavy (non-hydrogen) atoms. The maximum absolute atomic E-state index is 5.69. The normalized spacial score (nSPS) is 19.8. The Balaban J connectivity index is 1.49. The summed E-state index contributed by atoms with van der Waals surface area (Å²) in [7, 11) is 0. The number of benzene rings is 1. The van der Waals surface area contributed by atoms with Crippen LogP contribution in [0.1, 0.15) is 19.8 Å². The van der Waals surface area contributed by atoms with E-state index in [1.54, 1.807) is 0 Å². The lowest BCUT2D eigenvalue weighted by molar-refractivity contribution is 0.0834. The lowest BCUT2D eigenvalue weighted by Crippen LogP contribution is -2.38. The molecule has 2 aromatic rings. The van der Waals surface area contributed by atoms with Crippen molar-refractivity contribution >= 4 is 0 Å². The Morgan fingerprint density at radius 2 is 2.19 bits per heavy atom. The van der Waals surface area contributed by atoms with E-state index in [1.807, 2.05) is 16.9 Å². The lowest BCUT2D eigenvalue weighted by Gasteiger charge is -2.19. The molecule has 2 unspecified atom stereocenters. The lowest BCUT2D eigenvalue weighted by atomic mass is 10.1. The van der Waals surface area contributed by atoms with Gasteiger partial charge in [0.15, 0.2) is 0 Å². The molecule has 1 aromatic heterocycles. The van der Waals surface area contributed by atoms with E-state index >= 15 is 0 Å². The average molecular weight is 285 g/mol. The van der Waals surface area contributed by atoms with Crippen LogP contribution in [0.5, 0.6) is 0 Å². The van der Waals surface area contributed by atoms with Gasteiger partial charge < -0.3 is 10.1 Å². The molecule has 1 N–H and O–H groups in total. The highest BCUT2D eigenvalue weighted by Crippen LogP contribution is 2.17. The molecule has 0 bridgehead atoms. The largest absolute Gasteiger partial charge is 0.377 e. The van der Waals surface area contributed by atoms with Gasteiger partial charge in [0.25, 0.3) is 0 Å². The van der Waals surface area contributed by atoms with Gasteiger partial charge in [-0.1, -0.05) is 30.3 Å². The van der Waals surface area contributed by atoms with Gasteiger partial charge in [0.05, 0.1) is 18.8 Å². The molecule has 2 atom stereocenters. The third-order valence-electron chi connectivity index (χ3n) is 4.07. The van der Waals surface area contributed by atoms with E-state index in [0.29, 0.717) is 12.1 Å². The number of rotatable bonds is 6. The fourth-order valence-corrected chi connectivity index (χ4v) is 2.80. The molecule has 0 spiro atoms. The summed E-state index contributed by atoms with van der Waals surface area (Å²) in [5.74, 6) is 0. The molecule has 2 heterocycles. The summed E-state index contributed by atoms with van der Waals surface area (Å²) in [6, 6.07) is 10.8. The van der Waals surface area contributed by atoms with Gasteiger partial charge in [-0.15, -0.1) is 0 Å². The van der Waals surface area contributed by atoms with Crippen LogP contribution in [0, 0.1) is 0 Å². The van der Waals surface area contributed by atoms with Crippen LogP contribution in [-0.2, 0) is 11.3 Å². The fourth-order valence-electron chi connectivity index (χ4n) is 2.80. The highest BCUT2D eigenvalue weighted by molar-refractivity contribution is 5.61. The predicted octanol–water partition coefficient (Wildman–Crippen LogP) is 2.71. The van der Waals surface area contributed by atoms with Crippen molar-refractivity contribution in [2.45, 2.75) is 38.5 Å². The quantitative estimate of drug-likeness (QED) is 0.887. The summed E-state index contributed by atoms with van der Waals surface area (Å²) >= 11 is 0. The Morgan fingerprint density at radius 1 is 1.33 bits per heavy atom. The van der Waals surface area contributed by atoms with Crippen molar-refractivity contribution < 1.29 is 4.74 Å². The van der Waals surface area contributed by atoms with Gasteiger partial charge in [0.1, 0.15) is 0 Å². The number of aromatic nitrogens is 2. The summed E-state index contributed by atoms with van der Waals surface area (Å²) in [4.78, 5) is 0. The molecule has 4 heteroatoms. The standard InChI is InChI=1S/C17H23N3O/c1-14(17-8-5-11-21-17)18-9-10-20-13-16(12-19-20)15-6-3-2-4-7-15/h2-4,6-7,12-14,17-18H,5,8-11H2,1H3.